The molecule has 2 aromatic rings. The zero-order valence-corrected chi connectivity index (χ0v) is 14.5. The standard InChI is InChI=1S/C17H19INS/c18-17-13(12-15-9-5-11-20-15)6-4-10-16(17)19-14-7-2-1-3-8-14/h4-6,9,11,14,19H,1-3,7-8,12H2. The monoisotopic (exact) mass is 396 g/mol. The predicted molar refractivity (Wildman–Crippen MR) is 95.6 cm³/mol. The lowest BCUT2D eigenvalue weighted by atomic mass is 9.95. The fraction of sp³-hybridized carbons (Fsp3) is 0.412. The van der Waals surface area contributed by atoms with Crippen molar-refractivity contribution in [2.45, 2.75) is 44.6 Å². The van der Waals surface area contributed by atoms with Gasteiger partial charge in [0, 0.05) is 27.0 Å². The van der Waals surface area contributed by atoms with Crippen LogP contribution in [0, 0.1) is 9.64 Å². The van der Waals surface area contributed by atoms with Crippen LogP contribution in [-0.4, -0.2) is 6.04 Å². The van der Waals surface area contributed by atoms with Gasteiger partial charge >= 0.3 is 0 Å². The molecule has 20 heavy (non-hydrogen) atoms. The first-order valence-corrected chi connectivity index (χ1v) is 9.27. The fourth-order valence-corrected chi connectivity index (χ4v) is 4.23. The minimum absolute atomic E-state index is 0.644. The third kappa shape index (κ3) is 3.55. The number of hydrogen-bond donors (Lipinski definition) is 1. The van der Waals surface area contributed by atoms with Crippen molar-refractivity contribution in [1.82, 2.24) is 0 Å². The largest absolute Gasteiger partial charge is 0.381 e. The highest BCUT2D eigenvalue weighted by Gasteiger charge is 2.15. The molecule has 1 aliphatic rings. The van der Waals surface area contributed by atoms with Gasteiger partial charge in [-0.15, -0.1) is 11.3 Å². The molecular formula is C17H19INS. The normalized spacial score (nSPS) is 16.2. The summed E-state index contributed by atoms with van der Waals surface area (Å²) in [6.07, 6.45) is 7.77. The van der Waals surface area contributed by atoms with E-state index in [-0.39, 0.29) is 0 Å². The Morgan fingerprint density at radius 3 is 2.85 bits per heavy atom. The van der Waals surface area contributed by atoms with Crippen molar-refractivity contribution in [3.8, 4) is 0 Å². The van der Waals surface area contributed by atoms with Crippen LogP contribution in [0.25, 0.3) is 0 Å². The lowest BCUT2D eigenvalue weighted by Crippen LogP contribution is -2.23. The molecule has 1 radical (unpaired) electrons. The number of rotatable bonds is 4. The maximum atomic E-state index is 3.71. The van der Waals surface area contributed by atoms with Gasteiger partial charge in [-0.2, -0.15) is 0 Å². The van der Waals surface area contributed by atoms with Crippen LogP contribution in [0.4, 0.5) is 5.69 Å². The van der Waals surface area contributed by atoms with E-state index in [0.717, 1.165) is 6.42 Å². The molecule has 105 valence electrons. The van der Waals surface area contributed by atoms with Crippen LogP contribution in [0.1, 0.15) is 42.5 Å². The molecule has 1 fully saturated rings. The Labute approximate surface area is 138 Å². The van der Waals surface area contributed by atoms with Gasteiger partial charge in [0.05, 0.1) is 5.69 Å². The SMILES string of the molecule is Ic1c(NC2CCCCC2)[c]ccc1Cc1cccs1. The van der Waals surface area contributed by atoms with E-state index in [1.165, 1.54) is 51.8 Å². The van der Waals surface area contributed by atoms with Crippen molar-refractivity contribution < 1.29 is 0 Å². The second-order valence-corrected chi connectivity index (χ2v) is 7.54. The Hall–Kier alpha value is -0.550. The van der Waals surface area contributed by atoms with Crippen LogP contribution in [0.2, 0.25) is 0 Å². The molecule has 0 bridgehead atoms. The van der Waals surface area contributed by atoms with Gasteiger partial charge in [-0.3, -0.25) is 0 Å². The summed E-state index contributed by atoms with van der Waals surface area (Å²) in [5.41, 5.74) is 2.61. The number of halogens is 1. The van der Waals surface area contributed by atoms with E-state index < -0.39 is 0 Å². The summed E-state index contributed by atoms with van der Waals surface area (Å²) in [5, 5.41) is 5.86. The molecule has 1 N–H and O–H groups in total. The van der Waals surface area contributed by atoms with Crippen molar-refractivity contribution in [3.05, 3.63) is 49.7 Å². The molecular weight excluding hydrogens is 377 g/mol. The first-order chi connectivity index (χ1) is 9.83. The van der Waals surface area contributed by atoms with Gasteiger partial charge in [0.25, 0.3) is 0 Å². The molecule has 1 saturated carbocycles. The Balaban J connectivity index is 1.74. The molecule has 3 heteroatoms. The van der Waals surface area contributed by atoms with Crippen LogP contribution in [0.15, 0.2) is 29.6 Å². The van der Waals surface area contributed by atoms with Gasteiger partial charge in [0.1, 0.15) is 0 Å². The van der Waals surface area contributed by atoms with E-state index >= 15 is 0 Å². The van der Waals surface area contributed by atoms with Gasteiger partial charge < -0.3 is 5.32 Å². The van der Waals surface area contributed by atoms with Crippen LogP contribution in [0.3, 0.4) is 0 Å². The van der Waals surface area contributed by atoms with E-state index in [2.05, 4.69) is 63.6 Å². The molecule has 0 spiro atoms. The average Bonchev–Trinajstić information content (AvgIpc) is 2.97. The number of hydrogen-bond acceptors (Lipinski definition) is 2. The smallest absolute Gasteiger partial charge is 0.0561 e. The van der Waals surface area contributed by atoms with Gasteiger partial charge in [0.15, 0.2) is 0 Å². The van der Waals surface area contributed by atoms with Crippen molar-refractivity contribution in [2.24, 2.45) is 0 Å². The van der Waals surface area contributed by atoms with E-state index in [0.29, 0.717) is 6.04 Å². The van der Waals surface area contributed by atoms with Crippen molar-refractivity contribution in [2.75, 3.05) is 5.32 Å². The highest BCUT2D eigenvalue weighted by molar-refractivity contribution is 14.1. The topological polar surface area (TPSA) is 12.0 Å². The van der Waals surface area contributed by atoms with Crippen molar-refractivity contribution in [1.29, 1.82) is 0 Å². The molecule has 0 saturated heterocycles. The zero-order chi connectivity index (χ0) is 13.8. The van der Waals surface area contributed by atoms with Crippen LogP contribution < -0.4 is 5.32 Å². The molecule has 3 rings (SSSR count). The molecule has 1 nitrogen and oxygen atoms in total. The summed E-state index contributed by atoms with van der Waals surface area (Å²) in [6, 6.07) is 12.6. The van der Waals surface area contributed by atoms with Crippen LogP contribution in [0.5, 0.6) is 0 Å². The minimum Gasteiger partial charge on any atom is -0.381 e. The quantitative estimate of drug-likeness (QED) is 0.674. The van der Waals surface area contributed by atoms with E-state index in [1.807, 2.05) is 11.3 Å². The zero-order valence-electron chi connectivity index (χ0n) is 11.5. The Bertz CT molecular complexity index is 544. The number of nitrogens with one attached hydrogen (secondary N) is 1. The maximum Gasteiger partial charge on any atom is 0.0561 e. The summed E-state index contributed by atoms with van der Waals surface area (Å²) in [4.78, 5) is 1.43. The third-order valence-electron chi connectivity index (χ3n) is 3.91. The molecule has 1 aromatic heterocycles. The van der Waals surface area contributed by atoms with Crippen molar-refractivity contribution >= 4 is 39.6 Å². The summed E-state index contributed by atoms with van der Waals surface area (Å²) in [6.45, 7) is 0. The first-order valence-electron chi connectivity index (χ1n) is 7.31. The molecule has 1 heterocycles. The molecule has 0 atom stereocenters. The molecule has 0 aliphatic heterocycles. The lowest BCUT2D eigenvalue weighted by Gasteiger charge is -2.24. The third-order valence-corrected chi connectivity index (χ3v) is 6.02. The Morgan fingerprint density at radius 2 is 2.10 bits per heavy atom. The minimum atomic E-state index is 0.644. The number of anilines is 1. The maximum absolute atomic E-state index is 3.71. The Kier molecular flexibility index (Phi) is 4.99. The van der Waals surface area contributed by atoms with Crippen LogP contribution in [-0.2, 0) is 6.42 Å². The Morgan fingerprint density at radius 1 is 1.25 bits per heavy atom. The van der Waals surface area contributed by atoms with E-state index in [9.17, 15) is 0 Å². The van der Waals surface area contributed by atoms with E-state index in [1.54, 1.807) is 0 Å². The van der Waals surface area contributed by atoms with Crippen molar-refractivity contribution in [3.63, 3.8) is 0 Å². The lowest BCUT2D eigenvalue weighted by molar-refractivity contribution is 0.462. The summed E-state index contributed by atoms with van der Waals surface area (Å²) < 4.78 is 1.34. The highest BCUT2D eigenvalue weighted by Crippen LogP contribution is 2.28. The average molecular weight is 396 g/mol. The van der Waals surface area contributed by atoms with Gasteiger partial charge in [-0.1, -0.05) is 37.5 Å². The van der Waals surface area contributed by atoms with E-state index in [4.69, 9.17) is 0 Å². The highest BCUT2D eigenvalue weighted by atomic mass is 127. The number of benzene rings is 1. The summed E-state index contributed by atoms with van der Waals surface area (Å²) in [5.74, 6) is 0. The first kappa shape index (κ1) is 14.4. The van der Waals surface area contributed by atoms with Gasteiger partial charge in [0.2, 0.25) is 0 Å². The fourth-order valence-electron chi connectivity index (χ4n) is 2.82. The molecule has 1 aliphatic carbocycles. The molecule has 0 unspecified atom stereocenters. The second kappa shape index (κ2) is 6.94. The van der Waals surface area contributed by atoms with Gasteiger partial charge in [-0.25, -0.2) is 0 Å². The number of thiophene rings is 1. The molecule has 1 aromatic carbocycles. The van der Waals surface area contributed by atoms with Crippen LogP contribution >= 0.6 is 33.9 Å². The summed E-state index contributed by atoms with van der Waals surface area (Å²) in [7, 11) is 0. The second-order valence-electron chi connectivity index (χ2n) is 5.43. The van der Waals surface area contributed by atoms with Gasteiger partial charge in [-0.05, 0) is 52.4 Å². The summed E-state index contributed by atoms with van der Waals surface area (Å²) >= 11 is 4.31. The predicted octanol–water partition coefficient (Wildman–Crippen LogP) is 5.49. The molecule has 0 amide bonds.